The van der Waals surface area contributed by atoms with E-state index >= 15 is 0 Å². The monoisotopic (exact) mass is 200 g/mol. The molecule has 1 aliphatic rings. The van der Waals surface area contributed by atoms with Gasteiger partial charge in [-0.2, -0.15) is 0 Å². The molecule has 1 aliphatic heterocycles. The van der Waals surface area contributed by atoms with Gasteiger partial charge in [0, 0.05) is 13.1 Å². The van der Waals surface area contributed by atoms with Crippen LogP contribution in [0.1, 0.15) is 20.8 Å². The summed E-state index contributed by atoms with van der Waals surface area (Å²) in [5, 5.41) is 2.88. The van der Waals surface area contributed by atoms with E-state index in [2.05, 4.69) is 5.32 Å². The number of carbonyl (C=O) groups is 2. The zero-order valence-electron chi connectivity index (χ0n) is 8.79. The molecule has 0 spiro atoms. The lowest BCUT2D eigenvalue weighted by atomic mass is 10.2. The van der Waals surface area contributed by atoms with Crippen LogP contribution in [0, 0.1) is 0 Å². The lowest BCUT2D eigenvalue weighted by Gasteiger charge is -2.28. The van der Waals surface area contributed by atoms with Crippen molar-refractivity contribution in [2.75, 3.05) is 19.6 Å². The van der Waals surface area contributed by atoms with Gasteiger partial charge in [0.1, 0.15) is 5.60 Å². The molecule has 1 heterocycles. The van der Waals surface area contributed by atoms with Crippen molar-refractivity contribution in [2.24, 2.45) is 0 Å². The predicted molar refractivity (Wildman–Crippen MR) is 50.8 cm³/mol. The van der Waals surface area contributed by atoms with Crippen LogP contribution in [-0.2, 0) is 9.53 Å². The molecule has 80 valence electrons. The zero-order valence-corrected chi connectivity index (χ0v) is 8.79. The van der Waals surface area contributed by atoms with Crippen molar-refractivity contribution in [3.8, 4) is 0 Å². The lowest BCUT2D eigenvalue weighted by Crippen LogP contribution is -2.51. The molecule has 0 aromatic carbocycles. The van der Waals surface area contributed by atoms with E-state index in [0.29, 0.717) is 13.1 Å². The molecule has 1 N–H and O–H groups in total. The quantitative estimate of drug-likeness (QED) is 0.613. The second kappa shape index (κ2) is 3.96. The van der Waals surface area contributed by atoms with Crippen molar-refractivity contribution in [2.45, 2.75) is 26.4 Å². The van der Waals surface area contributed by atoms with Crippen LogP contribution in [0.4, 0.5) is 4.79 Å². The van der Waals surface area contributed by atoms with Crippen LogP contribution in [0.3, 0.4) is 0 Å². The van der Waals surface area contributed by atoms with Gasteiger partial charge in [0.25, 0.3) is 0 Å². The molecular formula is C9H16N2O3. The molecule has 14 heavy (non-hydrogen) atoms. The fraction of sp³-hybridized carbons (Fsp3) is 0.778. The third-order valence-electron chi connectivity index (χ3n) is 1.70. The van der Waals surface area contributed by atoms with Gasteiger partial charge in [0.15, 0.2) is 0 Å². The van der Waals surface area contributed by atoms with E-state index in [0.717, 1.165) is 4.90 Å². The van der Waals surface area contributed by atoms with Crippen LogP contribution in [0.25, 0.3) is 0 Å². The average Bonchev–Trinajstić information content (AvgIpc) is 2.01. The predicted octanol–water partition coefficient (Wildman–Crippen LogP) is 0.353. The third-order valence-corrected chi connectivity index (χ3v) is 1.70. The van der Waals surface area contributed by atoms with Gasteiger partial charge in [0.2, 0.25) is 5.91 Å². The number of amides is 2. The highest BCUT2D eigenvalue weighted by Gasteiger charge is 2.28. The Hall–Kier alpha value is -1.10. The topological polar surface area (TPSA) is 58.6 Å². The van der Waals surface area contributed by atoms with Gasteiger partial charge in [-0.3, -0.25) is 4.79 Å². The second-order valence-electron chi connectivity index (χ2n) is 4.20. The first kappa shape index (κ1) is 11.0. The van der Waals surface area contributed by atoms with Gasteiger partial charge in [-0.15, -0.1) is 0 Å². The molecule has 2 amide bonds. The molecule has 0 aliphatic carbocycles. The Bertz CT molecular complexity index is 245. The van der Waals surface area contributed by atoms with Crippen LogP contribution < -0.4 is 5.32 Å². The number of rotatable bonds is 0. The number of carbonyl (C=O) groups excluding carboxylic acids is 2. The number of ether oxygens (including phenoxy) is 1. The SMILES string of the molecule is CC(C)(C)OC(=O)N1CCNCC1=O. The normalized spacial score (nSPS) is 18.2. The summed E-state index contributed by atoms with van der Waals surface area (Å²) in [6.07, 6.45) is -0.552. The third kappa shape index (κ3) is 2.99. The lowest BCUT2D eigenvalue weighted by molar-refractivity contribution is -0.130. The van der Waals surface area contributed by atoms with Gasteiger partial charge in [0.05, 0.1) is 6.54 Å². The van der Waals surface area contributed by atoms with E-state index in [-0.39, 0.29) is 12.5 Å². The molecule has 5 nitrogen and oxygen atoms in total. The maximum atomic E-state index is 11.5. The van der Waals surface area contributed by atoms with Gasteiger partial charge >= 0.3 is 6.09 Å². The molecular weight excluding hydrogens is 184 g/mol. The van der Waals surface area contributed by atoms with Crippen molar-refractivity contribution in [1.29, 1.82) is 0 Å². The zero-order chi connectivity index (χ0) is 10.8. The van der Waals surface area contributed by atoms with Crippen molar-refractivity contribution in [3.05, 3.63) is 0 Å². The molecule has 0 saturated carbocycles. The maximum Gasteiger partial charge on any atom is 0.417 e. The molecule has 0 atom stereocenters. The highest BCUT2D eigenvalue weighted by molar-refractivity contribution is 5.93. The largest absolute Gasteiger partial charge is 0.443 e. The minimum atomic E-state index is -0.553. The van der Waals surface area contributed by atoms with Gasteiger partial charge in [-0.1, -0.05) is 0 Å². The number of hydrogen-bond donors (Lipinski definition) is 1. The Morgan fingerprint density at radius 3 is 2.64 bits per heavy atom. The van der Waals surface area contributed by atoms with Crippen LogP contribution in [0.2, 0.25) is 0 Å². The van der Waals surface area contributed by atoms with Gasteiger partial charge < -0.3 is 10.1 Å². The van der Waals surface area contributed by atoms with Crippen LogP contribution >= 0.6 is 0 Å². The minimum absolute atomic E-state index is 0.208. The summed E-state index contributed by atoms with van der Waals surface area (Å²) in [4.78, 5) is 23.9. The Morgan fingerprint density at radius 1 is 1.50 bits per heavy atom. The highest BCUT2D eigenvalue weighted by atomic mass is 16.6. The minimum Gasteiger partial charge on any atom is -0.443 e. The Kier molecular flexibility index (Phi) is 3.10. The summed E-state index contributed by atoms with van der Waals surface area (Å²) in [5.74, 6) is -0.231. The van der Waals surface area contributed by atoms with Crippen LogP contribution in [-0.4, -0.2) is 42.1 Å². The number of nitrogens with zero attached hydrogens (tertiary/aromatic N) is 1. The van der Waals surface area contributed by atoms with Crippen LogP contribution in [0.15, 0.2) is 0 Å². The molecule has 1 rings (SSSR count). The summed E-state index contributed by atoms with van der Waals surface area (Å²) < 4.78 is 5.09. The number of imide groups is 1. The average molecular weight is 200 g/mol. The molecule has 0 aromatic rings. The number of piperazine rings is 1. The van der Waals surface area contributed by atoms with Crippen molar-refractivity contribution in [1.82, 2.24) is 10.2 Å². The first-order valence-corrected chi connectivity index (χ1v) is 4.64. The van der Waals surface area contributed by atoms with Crippen molar-refractivity contribution < 1.29 is 14.3 Å². The van der Waals surface area contributed by atoms with E-state index in [4.69, 9.17) is 4.74 Å². The van der Waals surface area contributed by atoms with E-state index < -0.39 is 11.7 Å². The fourth-order valence-electron chi connectivity index (χ4n) is 1.12. The summed E-state index contributed by atoms with van der Waals surface area (Å²) in [6, 6.07) is 0. The molecule has 0 aromatic heterocycles. The van der Waals surface area contributed by atoms with E-state index in [1.807, 2.05) is 0 Å². The molecule has 0 radical (unpaired) electrons. The molecule has 1 saturated heterocycles. The smallest absolute Gasteiger partial charge is 0.417 e. The highest BCUT2D eigenvalue weighted by Crippen LogP contribution is 2.10. The number of hydrogen-bond acceptors (Lipinski definition) is 4. The van der Waals surface area contributed by atoms with E-state index in [9.17, 15) is 9.59 Å². The first-order chi connectivity index (χ1) is 6.40. The van der Waals surface area contributed by atoms with Crippen molar-refractivity contribution >= 4 is 12.0 Å². The Labute approximate surface area is 83.4 Å². The Balaban J connectivity index is 2.55. The summed E-state index contributed by atoms with van der Waals surface area (Å²) in [7, 11) is 0. The number of nitrogens with one attached hydrogen (secondary N) is 1. The maximum absolute atomic E-state index is 11.5. The van der Waals surface area contributed by atoms with E-state index in [1.54, 1.807) is 20.8 Å². The first-order valence-electron chi connectivity index (χ1n) is 4.64. The Morgan fingerprint density at radius 2 is 2.14 bits per heavy atom. The van der Waals surface area contributed by atoms with Crippen LogP contribution in [0.5, 0.6) is 0 Å². The molecule has 0 unspecified atom stereocenters. The molecule has 1 fully saturated rings. The second-order valence-corrected chi connectivity index (χ2v) is 4.20. The summed E-state index contributed by atoms with van der Waals surface area (Å²) >= 11 is 0. The van der Waals surface area contributed by atoms with Gasteiger partial charge in [-0.25, -0.2) is 9.69 Å². The van der Waals surface area contributed by atoms with Crippen molar-refractivity contribution in [3.63, 3.8) is 0 Å². The molecule has 0 bridgehead atoms. The summed E-state index contributed by atoms with van der Waals surface area (Å²) in [6.45, 7) is 6.55. The summed E-state index contributed by atoms with van der Waals surface area (Å²) in [5.41, 5.74) is -0.553. The molecule has 5 heteroatoms. The van der Waals surface area contributed by atoms with Gasteiger partial charge in [-0.05, 0) is 20.8 Å². The fourth-order valence-corrected chi connectivity index (χ4v) is 1.12. The van der Waals surface area contributed by atoms with E-state index in [1.165, 1.54) is 0 Å². The standard InChI is InChI=1S/C9H16N2O3/c1-9(2,3)14-8(13)11-5-4-10-6-7(11)12/h10H,4-6H2,1-3H3.